The highest BCUT2D eigenvalue weighted by Gasteiger charge is 2.04. The number of hydrogen-bond acceptors (Lipinski definition) is 1. The maximum Gasteiger partial charge on any atom is 0.0768 e. The SMILES string of the molecule is CC(C)c1ccnn1F. The van der Waals surface area contributed by atoms with Gasteiger partial charge >= 0.3 is 0 Å². The van der Waals surface area contributed by atoms with Crippen LogP contribution in [-0.4, -0.2) is 10.0 Å². The Hall–Kier alpha value is -0.860. The molecule has 0 unspecified atom stereocenters. The van der Waals surface area contributed by atoms with E-state index in [1.165, 1.54) is 6.20 Å². The van der Waals surface area contributed by atoms with Gasteiger partial charge in [-0.25, -0.2) is 0 Å². The van der Waals surface area contributed by atoms with Gasteiger partial charge in [-0.3, -0.25) is 0 Å². The molecule has 0 radical (unpaired) electrons. The summed E-state index contributed by atoms with van der Waals surface area (Å²) in [5.74, 6) is 0.206. The van der Waals surface area contributed by atoms with E-state index >= 15 is 0 Å². The van der Waals surface area contributed by atoms with E-state index in [0.29, 0.717) is 10.6 Å². The molecule has 3 heteroatoms. The van der Waals surface area contributed by atoms with Crippen LogP contribution in [0.2, 0.25) is 0 Å². The number of rotatable bonds is 1. The first-order valence-electron chi connectivity index (χ1n) is 2.92. The molecule has 0 aliphatic carbocycles. The minimum Gasteiger partial charge on any atom is -0.151 e. The fraction of sp³-hybridized carbons (Fsp3) is 0.500. The molecular formula is C6H9FN2. The van der Waals surface area contributed by atoms with Gasteiger partial charge in [0.1, 0.15) is 0 Å². The number of hydrogen-bond donors (Lipinski definition) is 0. The van der Waals surface area contributed by atoms with Crippen LogP contribution in [0.25, 0.3) is 0 Å². The minimum absolute atomic E-state index is 0.206. The molecule has 50 valence electrons. The molecule has 2 nitrogen and oxygen atoms in total. The van der Waals surface area contributed by atoms with Crippen molar-refractivity contribution in [3.63, 3.8) is 0 Å². The molecule has 1 aromatic rings. The fourth-order valence-corrected chi connectivity index (χ4v) is 0.702. The highest BCUT2D eigenvalue weighted by atomic mass is 19.2. The summed E-state index contributed by atoms with van der Waals surface area (Å²) in [5, 5.41) is 3.39. The first kappa shape index (κ1) is 6.26. The standard InChI is InChI=1S/C6H9FN2/c1-5(2)6-3-4-8-9(6)7/h3-5H,1-2H3. The van der Waals surface area contributed by atoms with Crippen molar-refractivity contribution >= 4 is 0 Å². The molecule has 1 aromatic heterocycles. The number of halogens is 1. The third kappa shape index (κ3) is 1.09. The second-order valence-electron chi connectivity index (χ2n) is 2.27. The monoisotopic (exact) mass is 128 g/mol. The molecular weight excluding hydrogens is 119 g/mol. The van der Waals surface area contributed by atoms with Crippen molar-refractivity contribution in [1.29, 1.82) is 0 Å². The van der Waals surface area contributed by atoms with Crippen LogP contribution in [0.3, 0.4) is 0 Å². The van der Waals surface area contributed by atoms with Crippen molar-refractivity contribution in [2.75, 3.05) is 0 Å². The molecule has 0 saturated heterocycles. The highest BCUT2D eigenvalue weighted by Crippen LogP contribution is 2.12. The van der Waals surface area contributed by atoms with Gasteiger partial charge < -0.3 is 0 Å². The van der Waals surface area contributed by atoms with Gasteiger partial charge in [0.15, 0.2) is 0 Å². The maximum atomic E-state index is 12.4. The van der Waals surface area contributed by atoms with Gasteiger partial charge in [-0.2, -0.15) is 5.10 Å². The van der Waals surface area contributed by atoms with E-state index in [1.54, 1.807) is 6.07 Å². The van der Waals surface area contributed by atoms with E-state index in [9.17, 15) is 4.48 Å². The molecule has 0 aliphatic rings. The lowest BCUT2D eigenvalue weighted by Crippen LogP contribution is -1.94. The summed E-state index contributed by atoms with van der Waals surface area (Å²) in [4.78, 5) is 0.407. The molecule has 0 amide bonds. The van der Waals surface area contributed by atoms with Gasteiger partial charge in [0.2, 0.25) is 0 Å². The van der Waals surface area contributed by atoms with Crippen LogP contribution in [0.5, 0.6) is 0 Å². The lowest BCUT2D eigenvalue weighted by atomic mass is 10.1. The zero-order chi connectivity index (χ0) is 6.85. The van der Waals surface area contributed by atoms with E-state index in [0.717, 1.165) is 0 Å². The normalized spacial score (nSPS) is 10.7. The summed E-state index contributed by atoms with van der Waals surface area (Å²) in [6.45, 7) is 3.85. The zero-order valence-corrected chi connectivity index (χ0v) is 5.50. The first-order valence-corrected chi connectivity index (χ1v) is 2.92. The smallest absolute Gasteiger partial charge is 0.0768 e. The van der Waals surface area contributed by atoms with Crippen molar-refractivity contribution in [2.45, 2.75) is 19.8 Å². The van der Waals surface area contributed by atoms with E-state index in [-0.39, 0.29) is 5.92 Å². The Morgan fingerprint density at radius 3 is 2.56 bits per heavy atom. The molecule has 0 spiro atoms. The lowest BCUT2D eigenvalue weighted by molar-refractivity contribution is 0.297. The van der Waals surface area contributed by atoms with Crippen LogP contribution >= 0.6 is 0 Å². The third-order valence-electron chi connectivity index (χ3n) is 1.22. The molecule has 9 heavy (non-hydrogen) atoms. The second-order valence-corrected chi connectivity index (χ2v) is 2.27. The van der Waals surface area contributed by atoms with Crippen molar-refractivity contribution < 1.29 is 4.48 Å². The maximum absolute atomic E-state index is 12.4. The third-order valence-corrected chi connectivity index (χ3v) is 1.22. The van der Waals surface area contributed by atoms with Crippen LogP contribution in [0.15, 0.2) is 12.3 Å². The van der Waals surface area contributed by atoms with Gasteiger partial charge in [0.05, 0.1) is 11.9 Å². The van der Waals surface area contributed by atoms with Gasteiger partial charge in [-0.05, 0) is 12.0 Å². The molecule has 0 atom stereocenters. The van der Waals surface area contributed by atoms with E-state index in [4.69, 9.17) is 0 Å². The zero-order valence-electron chi connectivity index (χ0n) is 5.50. The molecule has 0 N–H and O–H groups in total. The Balaban J connectivity index is 2.94. The van der Waals surface area contributed by atoms with Gasteiger partial charge in [0.25, 0.3) is 0 Å². The summed E-state index contributed by atoms with van der Waals surface area (Å²) >= 11 is 0. The van der Waals surface area contributed by atoms with Crippen molar-refractivity contribution in [3.8, 4) is 0 Å². The molecule has 0 aliphatic heterocycles. The topological polar surface area (TPSA) is 17.8 Å². The van der Waals surface area contributed by atoms with Crippen molar-refractivity contribution in [2.24, 2.45) is 0 Å². The molecule has 1 heterocycles. The van der Waals surface area contributed by atoms with E-state index in [2.05, 4.69) is 5.10 Å². The minimum atomic E-state index is 0.206. The highest BCUT2D eigenvalue weighted by molar-refractivity contribution is 5.03. The van der Waals surface area contributed by atoms with Gasteiger partial charge in [-0.1, -0.05) is 23.2 Å². The van der Waals surface area contributed by atoms with Crippen LogP contribution in [-0.2, 0) is 0 Å². The molecule has 1 rings (SSSR count). The molecule has 0 bridgehead atoms. The predicted octanol–water partition coefficient (Wildman–Crippen LogP) is 1.74. The molecule has 0 aromatic carbocycles. The van der Waals surface area contributed by atoms with Gasteiger partial charge in [-0.15, -0.1) is 0 Å². The van der Waals surface area contributed by atoms with E-state index in [1.807, 2.05) is 13.8 Å². The summed E-state index contributed by atoms with van der Waals surface area (Å²) in [6, 6.07) is 1.67. The quantitative estimate of drug-likeness (QED) is 0.563. The van der Waals surface area contributed by atoms with Crippen molar-refractivity contribution in [3.05, 3.63) is 18.0 Å². The van der Waals surface area contributed by atoms with Crippen molar-refractivity contribution in [1.82, 2.24) is 10.0 Å². The van der Waals surface area contributed by atoms with Crippen LogP contribution < -0.4 is 0 Å². The Morgan fingerprint density at radius 1 is 1.67 bits per heavy atom. The van der Waals surface area contributed by atoms with Gasteiger partial charge in [0, 0.05) is 0 Å². The number of aromatic nitrogens is 2. The first-order chi connectivity index (χ1) is 4.22. The summed E-state index contributed by atoms with van der Waals surface area (Å²) in [7, 11) is 0. The number of nitrogens with zero attached hydrogens (tertiary/aromatic N) is 2. The largest absolute Gasteiger partial charge is 0.151 e. The average Bonchev–Trinajstić information content (AvgIpc) is 2.13. The average molecular weight is 128 g/mol. The summed E-state index contributed by atoms with van der Waals surface area (Å²) < 4.78 is 12.4. The Kier molecular flexibility index (Phi) is 1.51. The lowest BCUT2D eigenvalue weighted by Gasteiger charge is -1.98. The predicted molar refractivity (Wildman–Crippen MR) is 32.8 cm³/mol. The van der Waals surface area contributed by atoms with E-state index < -0.39 is 0 Å². The second kappa shape index (κ2) is 2.17. The van der Waals surface area contributed by atoms with Crippen LogP contribution in [0, 0.1) is 0 Å². The fourth-order valence-electron chi connectivity index (χ4n) is 0.702. The summed E-state index contributed by atoms with van der Waals surface area (Å²) in [6.07, 6.45) is 1.45. The van der Waals surface area contributed by atoms with Crippen LogP contribution in [0.4, 0.5) is 4.48 Å². The Labute approximate surface area is 53.2 Å². The Morgan fingerprint density at radius 2 is 2.33 bits per heavy atom. The molecule has 0 saturated carbocycles. The van der Waals surface area contributed by atoms with Crippen LogP contribution in [0.1, 0.15) is 25.5 Å². The Bertz CT molecular complexity index is 193. The molecule has 0 fully saturated rings. The summed E-state index contributed by atoms with van der Waals surface area (Å²) in [5.41, 5.74) is 0.620.